The Hall–Kier alpha value is -2.96. The van der Waals surface area contributed by atoms with Crippen molar-refractivity contribution in [3.05, 3.63) is 54.0 Å². The Kier molecular flexibility index (Phi) is 5.34. The number of pyridine rings is 2. The maximum atomic E-state index is 13.2. The summed E-state index contributed by atoms with van der Waals surface area (Å²) in [6.45, 7) is 4.54. The van der Waals surface area contributed by atoms with E-state index < -0.39 is 0 Å². The molecule has 2 amide bonds. The van der Waals surface area contributed by atoms with E-state index in [1.54, 1.807) is 12.4 Å². The Balaban J connectivity index is 1.23. The lowest BCUT2D eigenvalue weighted by atomic mass is 9.85. The van der Waals surface area contributed by atoms with E-state index in [4.69, 9.17) is 0 Å². The van der Waals surface area contributed by atoms with Crippen molar-refractivity contribution in [2.24, 2.45) is 5.41 Å². The van der Waals surface area contributed by atoms with E-state index in [2.05, 4.69) is 14.9 Å². The van der Waals surface area contributed by atoms with Crippen LogP contribution in [0, 0.1) is 5.41 Å². The molecule has 5 rings (SSSR count). The molecular weight excluding hydrogens is 390 g/mol. The lowest BCUT2D eigenvalue weighted by Gasteiger charge is -2.27. The van der Waals surface area contributed by atoms with E-state index in [1.165, 1.54) is 6.42 Å². The predicted octanol–water partition coefficient (Wildman–Crippen LogP) is 2.73. The van der Waals surface area contributed by atoms with Crippen LogP contribution in [0.2, 0.25) is 0 Å². The highest BCUT2D eigenvalue weighted by Gasteiger charge is 2.50. The summed E-state index contributed by atoms with van der Waals surface area (Å²) < 4.78 is 0. The van der Waals surface area contributed by atoms with Crippen LogP contribution >= 0.6 is 0 Å². The predicted molar refractivity (Wildman–Crippen MR) is 118 cm³/mol. The number of aromatic nitrogens is 2. The zero-order valence-corrected chi connectivity index (χ0v) is 17.9. The SMILES string of the molecule is O=C(c1ccc(N2CCC3(CCN(Cc4ccccn4)C3=O)C2)nc1)N1CCCCC1. The van der Waals surface area contributed by atoms with Gasteiger partial charge in [-0.2, -0.15) is 0 Å². The first-order valence-corrected chi connectivity index (χ1v) is 11.3. The van der Waals surface area contributed by atoms with Crippen LogP contribution in [0.4, 0.5) is 5.82 Å². The van der Waals surface area contributed by atoms with Crippen molar-refractivity contribution >= 4 is 17.6 Å². The van der Waals surface area contributed by atoms with Crippen molar-refractivity contribution in [3.8, 4) is 0 Å². The quantitative estimate of drug-likeness (QED) is 0.762. The van der Waals surface area contributed by atoms with Gasteiger partial charge in [-0.1, -0.05) is 6.07 Å². The number of likely N-dealkylation sites (tertiary alicyclic amines) is 2. The zero-order valence-electron chi connectivity index (χ0n) is 17.9. The van der Waals surface area contributed by atoms with Gasteiger partial charge >= 0.3 is 0 Å². The Bertz CT molecular complexity index is 942. The molecule has 1 spiro atoms. The van der Waals surface area contributed by atoms with Crippen LogP contribution in [0.25, 0.3) is 0 Å². The summed E-state index contributed by atoms with van der Waals surface area (Å²) in [6, 6.07) is 9.64. The summed E-state index contributed by atoms with van der Waals surface area (Å²) in [5.74, 6) is 1.16. The molecule has 1 unspecified atom stereocenters. The van der Waals surface area contributed by atoms with Gasteiger partial charge in [0.25, 0.3) is 5.91 Å². The zero-order chi connectivity index (χ0) is 21.3. The molecule has 5 heterocycles. The summed E-state index contributed by atoms with van der Waals surface area (Å²) in [4.78, 5) is 40.9. The third-order valence-corrected chi connectivity index (χ3v) is 7.00. The molecule has 0 N–H and O–H groups in total. The summed E-state index contributed by atoms with van der Waals surface area (Å²) in [5.41, 5.74) is 1.26. The van der Waals surface area contributed by atoms with Crippen LogP contribution in [0.3, 0.4) is 0 Å². The Labute approximate surface area is 183 Å². The second-order valence-corrected chi connectivity index (χ2v) is 9.01. The number of carbonyl (C=O) groups excluding carboxylic acids is 2. The smallest absolute Gasteiger partial charge is 0.255 e. The fraction of sp³-hybridized carbons (Fsp3) is 0.500. The first-order chi connectivity index (χ1) is 15.1. The number of carbonyl (C=O) groups is 2. The van der Waals surface area contributed by atoms with E-state index in [0.717, 1.165) is 63.4 Å². The van der Waals surface area contributed by atoms with Gasteiger partial charge in [0.1, 0.15) is 5.82 Å². The van der Waals surface area contributed by atoms with Crippen molar-refractivity contribution in [3.63, 3.8) is 0 Å². The van der Waals surface area contributed by atoms with Gasteiger partial charge in [0, 0.05) is 45.1 Å². The molecule has 2 aromatic rings. The van der Waals surface area contributed by atoms with Gasteiger partial charge in [-0.3, -0.25) is 14.6 Å². The molecule has 0 bridgehead atoms. The molecule has 7 heteroatoms. The summed E-state index contributed by atoms with van der Waals surface area (Å²) in [5, 5.41) is 0. The van der Waals surface area contributed by atoms with E-state index in [0.29, 0.717) is 18.7 Å². The molecule has 3 aliphatic heterocycles. The number of anilines is 1. The first kappa shape index (κ1) is 20.0. The molecule has 162 valence electrons. The molecule has 0 saturated carbocycles. The lowest BCUT2D eigenvalue weighted by molar-refractivity contribution is -0.135. The van der Waals surface area contributed by atoms with Crippen molar-refractivity contribution in [1.82, 2.24) is 19.8 Å². The van der Waals surface area contributed by atoms with Crippen LogP contribution in [0.1, 0.15) is 48.2 Å². The summed E-state index contributed by atoms with van der Waals surface area (Å²) in [6.07, 6.45) is 8.56. The standard InChI is InChI=1S/C24H29N5O2/c30-22(27-12-4-1-5-13-27)19-7-8-21(26-16-19)29-15-10-24(18-29)9-14-28(23(24)31)17-20-6-2-3-11-25-20/h2-3,6-8,11,16H,1,4-5,9-10,12-15,17-18H2. The monoisotopic (exact) mass is 419 g/mol. The highest BCUT2D eigenvalue weighted by Crippen LogP contribution is 2.42. The Morgan fingerprint density at radius 3 is 2.55 bits per heavy atom. The van der Waals surface area contributed by atoms with Gasteiger partial charge in [-0.25, -0.2) is 4.98 Å². The normalized spacial score (nSPS) is 23.7. The van der Waals surface area contributed by atoms with Gasteiger partial charge in [0.05, 0.1) is 23.2 Å². The van der Waals surface area contributed by atoms with Crippen LogP contribution in [0.5, 0.6) is 0 Å². The summed E-state index contributed by atoms with van der Waals surface area (Å²) >= 11 is 0. The van der Waals surface area contributed by atoms with E-state index in [9.17, 15) is 9.59 Å². The topological polar surface area (TPSA) is 69.6 Å². The van der Waals surface area contributed by atoms with Crippen molar-refractivity contribution in [2.45, 2.75) is 38.6 Å². The highest BCUT2D eigenvalue weighted by molar-refractivity contribution is 5.94. The molecule has 0 aromatic carbocycles. The third kappa shape index (κ3) is 3.89. The van der Waals surface area contributed by atoms with E-state index >= 15 is 0 Å². The van der Waals surface area contributed by atoms with Crippen LogP contribution in [-0.4, -0.2) is 64.3 Å². The molecule has 3 saturated heterocycles. The van der Waals surface area contributed by atoms with Crippen molar-refractivity contribution in [2.75, 3.05) is 37.6 Å². The second kappa shape index (κ2) is 8.29. The van der Waals surface area contributed by atoms with Gasteiger partial charge in [0.2, 0.25) is 5.91 Å². The minimum atomic E-state index is -0.321. The molecule has 0 aliphatic carbocycles. The number of rotatable bonds is 4. The first-order valence-electron chi connectivity index (χ1n) is 11.3. The molecular formula is C24H29N5O2. The molecule has 2 aromatic heterocycles. The lowest BCUT2D eigenvalue weighted by Crippen LogP contribution is -2.37. The fourth-order valence-corrected chi connectivity index (χ4v) is 5.16. The number of amides is 2. The highest BCUT2D eigenvalue weighted by atomic mass is 16.2. The number of hydrogen-bond donors (Lipinski definition) is 0. The van der Waals surface area contributed by atoms with Gasteiger partial charge in [0.15, 0.2) is 0 Å². The Morgan fingerprint density at radius 1 is 0.968 bits per heavy atom. The summed E-state index contributed by atoms with van der Waals surface area (Å²) in [7, 11) is 0. The van der Waals surface area contributed by atoms with Crippen LogP contribution < -0.4 is 4.90 Å². The average molecular weight is 420 g/mol. The largest absolute Gasteiger partial charge is 0.356 e. The van der Waals surface area contributed by atoms with Crippen molar-refractivity contribution < 1.29 is 9.59 Å². The third-order valence-electron chi connectivity index (χ3n) is 7.00. The molecule has 0 radical (unpaired) electrons. The molecule has 31 heavy (non-hydrogen) atoms. The van der Waals surface area contributed by atoms with Crippen LogP contribution in [0.15, 0.2) is 42.7 Å². The van der Waals surface area contributed by atoms with Gasteiger partial charge in [-0.15, -0.1) is 0 Å². The van der Waals surface area contributed by atoms with Gasteiger partial charge in [-0.05, 0) is 56.4 Å². The number of nitrogens with zero attached hydrogens (tertiary/aromatic N) is 5. The molecule has 3 aliphatic rings. The molecule has 1 atom stereocenters. The minimum absolute atomic E-state index is 0.0766. The minimum Gasteiger partial charge on any atom is -0.356 e. The maximum Gasteiger partial charge on any atom is 0.255 e. The maximum absolute atomic E-state index is 13.2. The number of piperidine rings is 1. The molecule has 3 fully saturated rings. The van der Waals surface area contributed by atoms with Crippen LogP contribution in [-0.2, 0) is 11.3 Å². The van der Waals surface area contributed by atoms with E-state index in [-0.39, 0.29) is 17.2 Å². The Morgan fingerprint density at radius 2 is 1.81 bits per heavy atom. The fourth-order valence-electron chi connectivity index (χ4n) is 5.16. The van der Waals surface area contributed by atoms with Gasteiger partial charge < -0.3 is 14.7 Å². The number of hydrogen-bond acceptors (Lipinski definition) is 5. The second-order valence-electron chi connectivity index (χ2n) is 9.01. The van der Waals surface area contributed by atoms with E-state index in [1.807, 2.05) is 40.1 Å². The average Bonchev–Trinajstić information content (AvgIpc) is 3.40. The molecule has 7 nitrogen and oxygen atoms in total. The van der Waals surface area contributed by atoms with Crippen molar-refractivity contribution in [1.29, 1.82) is 0 Å².